The first-order chi connectivity index (χ1) is 12.5. The zero-order valence-corrected chi connectivity index (χ0v) is 17.2. The number of fused-ring (bicyclic) bond motifs is 2. The minimum absolute atomic E-state index is 1.06. The summed E-state index contributed by atoms with van der Waals surface area (Å²) in [7, 11) is 8.35. The van der Waals surface area contributed by atoms with Gasteiger partial charge in [-0.2, -0.15) is 0 Å². The minimum atomic E-state index is 1.06. The van der Waals surface area contributed by atoms with Gasteiger partial charge in [0, 0.05) is 31.4 Å². The van der Waals surface area contributed by atoms with E-state index in [9.17, 15) is 0 Å². The summed E-state index contributed by atoms with van der Waals surface area (Å²) in [5.74, 6) is 0. The molecule has 1 aromatic carbocycles. The summed E-state index contributed by atoms with van der Waals surface area (Å²) in [5, 5.41) is 1.24. The molecule has 0 N–H and O–H groups in total. The fourth-order valence-electron chi connectivity index (χ4n) is 3.00. The molecule has 0 unspecified atom stereocenters. The summed E-state index contributed by atoms with van der Waals surface area (Å²) in [5.41, 5.74) is 4.58. The standard InChI is InChI=1S/C22H28N3S/c1-6-7-8-9-10-16-13-19-22(15-20(16)25(4)5)26-21-14-17(24(2)3)11-12-18(21)23-19/h9-15H,6-8H2,1-5H3/q+1/b10-9+. The molecule has 0 atom stereocenters. The normalized spacial score (nSPS) is 11.6. The maximum Gasteiger partial charge on any atom is 0.208 e. The highest BCUT2D eigenvalue weighted by Gasteiger charge is 2.13. The van der Waals surface area contributed by atoms with Crippen molar-refractivity contribution < 1.29 is 0 Å². The van der Waals surface area contributed by atoms with Crippen LogP contribution >= 0.6 is 11.3 Å². The van der Waals surface area contributed by atoms with Crippen molar-refractivity contribution in [1.82, 2.24) is 9.56 Å². The summed E-state index contributed by atoms with van der Waals surface area (Å²) in [4.78, 5) is 8.28. The summed E-state index contributed by atoms with van der Waals surface area (Å²) in [6.07, 6.45) is 8.12. The Bertz CT molecular complexity index is 978. The monoisotopic (exact) mass is 366 g/mol. The molecule has 0 amide bonds. The van der Waals surface area contributed by atoms with Crippen molar-refractivity contribution in [2.45, 2.75) is 26.2 Å². The van der Waals surface area contributed by atoms with Crippen molar-refractivity contribution in [3.63, 3.8) is 0 Å². The Morgan fingerprint density at radius 1 is 1.15 bits per heavy atom. The van der Waals surface area contributed by atoms with Gasteiger partial charge in [0.15, 0.2) is 0 Å². The van der Waals surface area contributed by atoms with E-state index >= 15 is 0 Å². The number of benzene rings is 2. The predicted molar refractivity (Wildman–Crippen MR) is 116 cm³/mol. The van der Waals surface area contributed by atoms with E-state index in [4.69, 9.17) is 4.98 Å². The van der Waals surface area contributed by atoms with Crippen LogP contribution in [0.2, 0.25) is 0 Å². The number of rotatable bonds is 5. The number of hydrogen-bond acceptors (Lipinski definition) is 3. The van der Waals surface area contributed by atoms with E-state index in [0.717, 1.165) is 17.6 Å². The fraction of sp³-hybridized carbons (Fsp3) is 0.364. The molecule has 136 valence electrons. The van der Waals surface area contributed by atoms with Crippen LogP contribution in [0.1, 0.15) is 31.7 Å². The second-order valence-corrected chi connectivity index (χ2v) is 8.16. The molecule has 4 heteroatoms. The average Bonchev–Trinajstić information content (AvgIpc) is 2.62. The first kappa shape index (κ1) is 18.6. The molecular weight excluding hydrogens is 338 g/mol. The van der Waals surface area contributed by atoms with Gasteiger partial charge in [0.25, 0.3) is 0 Å². The van der Waals surface area contributed by atoms with Crippen molar-refractivity contribution in [3.8, 4) is 10.6 Å². The molecule has 2 aliphatic rings. The van der Waals surface area contributed by atoms with E-state index < -0.39 is 0 Å². The Morgan fingerprint density at radius 3 is 2.65 bits per heavy atom. The molecule has 26 heavy (non-hydrogen) atoms. The first-order valence-electron chi connectivity index (χ1n) is 9.22. The van der Waals surface area contributed by atoms with Crippen molar-refractivity contribution in [1.29, 1.82) is 0 Å². The molecule has 0 aromatic heterocycles. The van der Waals surface area contributed by atoms with Crippen LogP contribution < -0.4 is 14.8 Å². The quantitative estimate of drug-likeness (QED) is 0.370. The second kappa shape index (κ2) is 8.00. The molecule has 3 rings (SSSR count). The highest BCUT2D eigenvalue weighted by molar-refractivity contribution is 7.21. The Hall–Kier alpha value is -2.20. The smallest absolute Gasteiger partial charge is 0.208 e. The third kappa shape index (κ3) is 3.96. The van der Waals surface area contributed by atoms with Crippen LogP contribution in [0.4, 0.5) is 5.69 Å². The molecule has 1 aromatic rings. The van der Waals surface area contributed by atoms with Crippen LogP contribution in [0.3, 0.4) is 0 Å². The molecule has 1 heterocycles. The predicted octanol–water partition coefficient (Wildman–Crippen LogP) is 4.70. The van der Waals surface area contributed by atoms with Crippen LogP contribution in [-0.4, -0.2) is 33.2 Å². The molecule has 0 bridgehead atoms. The number of hydrogen-bond donors (Lipinski definition) is 0. The van der Waals surface area contributed by atoms with E-state index in [1.54, 1.807) is 0 Å². The lowest BCUT2D eigenvalue weighted by atomic mass is 10.1. The first-order valence-corrected chi connectivity index (χ1v) is 10.0. The van der Waals surface area contributed by atoms with Gasteiger partial charge in [-0.3, -0.25) is 0 Å². The van der Waals surface area contributed by atoms with Crippen molar-refractivity contribution in [2.75, 3.05) is 33.1 Å². The van der Waals surface area contributed by atoms with Crippen LogP contribution in [-0.2, 0) is 0 Å². The summed E-state index contributed by atoms with van der Waals surface area (Å²) < 4.78 is 3.41. The zero-order chi connectivity index (χ0) is 18.7. The molecule has 0 saturated heterocycles. The topological polar surface area (TPSA) is 19.1 Å². The summed E-state index contributed by atoms with van der Waals surface area (Å²) in [6.45, 7) is 2.23. The minimum Gasteiger partial charge on any atom is -0.378 e. The molecule has 0 spiro atoms. The van der Waals surface area contributed by atoms with Gasteiger partial charge >= 0.3 is 0 Å². The fourth-order valence-corrected chi connectivity index (χ4v) is 4.01. The van der Waals surface area contributed by atoms with Gasteiger partial charge in [-0.15, -0.1) is 11.3 Å². The molecule has 0 radical (unpaired) electrons. The van der Waals surface area contributed by atoms with Crippen LogP contribution in [0.15, 0.2) is 36.4 Å². The Kier molecular flexibility index (Phi) is 5.72. The van der Waals surface area contributed by atoms with Crippen molar-refractivity contribution >= 4 is 33.3 Å². The summed E-state index contributed by atoms with van der Waals surface area (Å²) in [6, 6.07) is 11.0. The molecule has 1 aliphatic heterocycles. The van der Waals surface area contributed by atoms with Gasteiger partial charge in [0.05, 0.1) is 20.8 Å². The van der Waals surface area contributed by atoms with E-state index in [0.29, 0.717) is 0 Å². The van der Waals surface area contributed by atoms with E-state index in [1.165, 1.54) is 39.0 Å². The van der Waals surface area contributed by atoms with Gasteiger partial charge in [-0.05, 0) is 30.7 Å². The number of anilines is 1. The van der Waals surface area contributed by atoms with Crippen LogP contribution in [0, 0.1) is 0 Å². The Labute approximate surface area is 160 Å². The zero-order valence-electron chi connectivity index (χ0n) is 16.4. The van der Waals surface area contributed by atoms with Gasteiger partial charge in [-0.25, -0.2) is 9.56 Å². The van der Waals surface area contributed by atoms with Gasteiger partial charge in [0.2, 0.25) is 5.36 Å². The van der Waals surface area contributed by atoms with Gasteiger partial charge in [-0.1, -0.05) is 31.9 Å². The third-order valence-electron chi connectivity index (χ3n) is 4.53. The average molecular weight is 367 g/mol. The largest absolute Gasteiger partial charge is 0.378 e. The lowest BCUT2D eigenvalue weighted by Crippen LogP contribution is -2.24. The Morgan fingerprint density at radius 2 is 1.96 bits per heavy atom. The number of allylic oxidation sites excluding steroid dienone is 1. The van der Waals surface area contributed by atoms with E-state index in [1.807, 2.05) is 11.3 Å². The number of nitrogens with zero attached hydrogens (tertiary/aromatic N) is 3. The maximum atomic E-state index is 4.92. The molecule has 0 fully saturated rings. The van der Waals surface area contributed by atoms with E-state index in [2.05, 4.69) is 87.1 Å². The Balaban J connectivity index is 2.16. The van der Waals surface area contributed by atoms with Crippen LogP contribution in [0.25, 0.3) is 26.9 Å². The van der Waals surface area contributed by atoms with Crippen molar-refractivity contribution in [2.24, 2.45) is 0 Å². The van der Waals surface area contributed by atoms with Crippen LogP contribution in [0.5, 0.6) is 0 Å². The maximum absolute atomic E-state index is 4.92. The number of unbranched alkanes of at least 4 members (excludes halogenated alkanes) is 2. The highest BCUT2D eigenvalue weighted by Crippen LogP contribution is 2.32. The molecule has 3 nitrogen and oxygen atoms in total. The lowest BCUT2D eigenvalue weighted by Gasteiger charge is -2.13. The van der Waals surface area contributed by atoms with Crippen molar-refractivity contribution in [3.05, 3.63) is 47.3 Å². The van der Waals surface area contributed by atoms with Gasteiger partial charge < -0.3 is 4.90 Å². The molecular formula is C22H28N3S+. The summed E-state index contributed by atoms with van der Waals surface area (Å²) >= 11 is 1.82. The number of aromatic nitrogens is 1. The lowest BCUT2D eigenvalue weighted by molar-refractivity contribution is 0.809. The third-order valence-corrected chi connectivity index (χ3v) is 5.63. The second-order valence-electron chi connectivity index (χ2n) is 7.08. The van der Waals surface area contributed by atoms with E-state index in [-0.39, 0.29) is 0 Å². The molecule has 1 aliphatic carbocycles. The SMILES string of the molecule is CCCC/C=C/c1cc2nc3ccc(N(C)C)cc3sc-2cc1=[N+](C)C. The molecule has 0 saturated carbocycles. The highest BCUT2D eigenvalue weighted by atomic mass is 32.1. The van der Waals surface area contributed by atoms with Gasteiger partial charge in [0.1, 0.15) is 14.1 Å².